The molecular formula is C11H19NO3. The minimum absolute atomic E-state index is 0.486. The molecule has 1 unspecified atom stereocenters. The first-order chi connectivity index (χ1) is 7.19. The Morgan fingerprint density at radius 2 is 1.67 bits per heavy atom. The highest BCUT2D eigenvalue weighted by molar-refractivity contribution is 5.43. The van der Waals surface area contributed by atoms with Crippen LogP contribution < -0.4 is 15.2 Å². The number of rotatable bonds is 3. The van der Waals surface area contributed by atoms with E-state index in [4.69, 9.17) is 9.47 Å². The molecule has 0 bridgehead atoms. The molecule has 0 aliphatic carbocycles. The lowest BCUT2D eigenvalue weighted by atomic mass is 10.1. The maximum absolute atomic E-state index is 9.31. The number of ether oxygens (including phenoxy) is 2. The molecule has 0 spiro atoms. The zero-order valence-corrected chi connectivity index (χ0v) is 9.65. The van der Waals surface area contributed by atoms with Gasteiger partial charge >= 0.3 is 0 Å². The van der Waals surface area contributed by atoms with Crippen molar-refractivity contribution in [2.75, 3.05) is 21.3 Å². The van der Waals surface area contributed by atoms with Gasteiger partial charge in [-0.2, -0.15) is 0 Å². The Morgan fingerprint density at radius 3 is 2.07 bits per heavy atom. The van der Waals surface area contributed by atoms with Gasteiger partial charge in [-0.1, -0.05) is 6.07 Å². The minimum Gasteiger partial charge on any atom is -0.493 e. The molecule has 1 rings (SSSR count). The first-order valence-corrected chi connectivity index (χ1v) is 4.66. The van der Waals surface area contributed by atoms with Crippen LogP contribution in [0.25, 0.3) is 0 Å². The van der Waals surface area contributed by atoms with E-state index in [9.17, 15) is 5.11 Å². The number of methoxy groups -OCH3 is 2. The van der Waals surface area contributed by atoms with Crippen LogP contribution in [0.4, 0.5) is 0 Å². The van der Waals surface area contributed by atoms with Gasteiger partial charge in [0.05, 0.1) is 20.3 Å². The number of benzene rings is 1. The molecule has 0 saturated carbocycles. The summed E-state index contributed by atoms with van der Waals surface area (Å²) in [6.07, 6.45) is -0.486. The molecule has 0 fully saturated rings. The second kappa shape index (κ2) is 7.09. The highest BCUT2D eigenvalue weighted by Crippen LogP contribution is 2.29. The molecule has 0 amide bonds. The summed E-state index contributed by atoms with van der Waals surface area (Å²) in [6.45, 7) is 1.71. The second-order valence-electron chi connectivity index (χ2n) is 2.79. The van der Waals surface area contributed by atoms with Gasteiger partial charge in [-0.25, -0.2) is 0 Å². The number of hydrogen-bond donors (Lipinski definition) is 2. The summed E-state index contributed by atoms with van der Waals surface area (Å²) < 4.78 is 10.2. The van der Waals surface area contributed by atoms with E-state index in [1.54, 1.807) is 33.3 Å². The van der Waals surface area contributed by atoms with Crippen molar-refractivity contribution in [3.05, 3.63) is 23.8 Å². The van der Waals surface area contributed by atoms with Crippen LogP contribution in [0.3, 0.4) is 0 Å². The topological polar surface area (TPSA) is 64.7 Å². The number of aliphatic hydroxyl groups excluding tert-OH is 1. The third kappa shape index (κ3) is 3.77. The Labute approximate surface area is 90.6 Å². The fraction of sp³-hybridized carbons (Fsp3) is 0.455. The Kier molecular flexibility index (Phi) is 6.49. The van der Waals surface area contributed by atoms with Gasteiger partial charge in [0.2, 0.25) is 0 Å². The van der Waals surface area contributed by atoms with Crippen LogP contribution in [0.15, 0.2) is 18.2 Å². The lowest BCUT2D eigenvalue weighted by molar-refractivity contribution is 0.198. The van der Waals surface area contributed by atoms with E-state index in [2.05, 4.69) is 5.73 Å². The lowest BCUT2D eigenvalue weighted by Gasteiger charge is -2.10. The smallest absolute Gasteiger partial charge is 0.161 e. The first-order valence-electron chi connectivity index (χ1n) is 4.66. The highest BCUT2D eigenvalue weighted by Gasteiger charge is 2.06. The molecule has 4 nitrogen and oxygen atoms in total. The molecule has 15 heavy (non-hydrogen) atoms. The SMILES string of the molecule is CN.COc1ccc(C(C)O)cc1OC. The van der Waals surface area contributed by atoms with Gasteiger partial charge in [0, 0.05) is 0 Å². The number of aliphatic hydroxyl groups is 1. The van der Waals surface area contributed by atoms with Crippen LogP contribution in [-0.4, -0.2) is 26.4 Å². The zero-order chi connectivity index (χ0) is 11.8. The number of nitrogens with two attached hydrogens (primary N) is 1. The molecule has 0 saturated heterocycles. The zero-order valence-electron chi connectivity index (χ0n) is 9.65. The van der Waals surface area contributed by atoms with Crippen LogP contribution in [0.5, 0.6) is 11.5 Å². The Morgan fingerprint density at radius 1 is 1.13 bits per heavy atom. The van der Waals surface area contributed by atoms with E-state index in [1.807, 2.05) is 6.07 Å². The van der Waals surface area contributed by atoms with Crippen molar-refractivity contribution in [2.24, 2.45) is 5.73 Å². The maximum atomic E-state index is 9.31. The molecule has 3 N–H and O–H groups in total. The van der Waals surface area contributed by atoms with E-state index in [-0.39, 0.29) is 0 Å². The second-order valence-corrected chi connectivity index (χ2v) is 2.79. The molecule has 86 valence electrons. The Balaban J connectivity index is 0.000000921. The van der Waals surface area contributed by atoms with E-state index < -0.39 is 6.10 Å². The van der Waals surface area contributed by atoms with E-state index in [0.717, 1.165) is 5.56 Å². The van der Waals surface area contributed by atoms with Crippen molar-refractivity contribution in [1.82, 2.24) is 0 Å². The minimum atomic E-state index is -0.486. The van der Waals surface area contributed by atoms with E-state index >= 15 is 0 Å². The average Bonchev–Trinajstić information content (AvgIpc) is 2.30. The number of hydrogen-bond acceptors (Lipinski definition) is 4. The van der Waals surface area contributed by atoms with Crippen LogP contribution >= 0.6 is 0 Å². The summed E-state index contributed by atoms with van der Waals surface area (Å²) in [5, 5.41) is 9.31. The normalized spacial score (nSPS) is 11.1. The quantitative estimate of drug-likeness (QED) is 0.795. The molecule has 0 aromatic heterocycles. The predicted octanol–water partition coefficient (Wildman–Crippen LogP) is 1.33. The largest absolute Gasteiger partial charge is 0.493 e. The van der Waals surface area contributed by atoms with Gasteiger partial charge in [-0.3, -0.25) is 0 Å². The summed E-state index contributed by atoms with van der Waals surface area (Å²) in [5.41, 5.74) is 5.32. The fourth-order valence-electron chi connectivity index (χ4n) is 1.11. The molecule has 0 heterocycles. The van der Waals surface area contributed by atoms with Gasteiger partial charge in [0.15, 0.2) is 11.5 Å². The van der Waals surface area contributed by atoms with Crippen LogP contribution in [0, 0.1) is 0 Å². The first kappa shape index (κ1) is 13.7. The van der Waals surface area contributed by atoms with Gasteiger partial charge in [-0.05, 0) is 31.7 Å². The molecule has 4 heteroatoms. The van der Waals surface area contributed by atoms with Crippen LogP contribution in [0.1, 0.15) is 18.6 Å². The summed E-state index contributed by atoms with van der Waals surface area (Å²) in [5.74, 6) is 1.31. The van der Waals surface area contributed by atoms with Crippen LogP contribution in [-0.2, 0) is 0 Å². The molecule has 0 aliphatic heterocycles. The Bertz CT molecular complexity index is 287. The predicted molar refractivity (Wildman–Crippen MR) is 60.3 cm³/mol. The summed E-state index contributed by atoms with van der Waals surface area (Å²) >= 11 is 0. The standard InChI is InChI=1S/C10H14O3.CH5N/c1-7(11)8-4-5-9(12-2)10(6-8)13-3;1-2/h4-7,11H,1-3H3;2H2,1H3. The molecular weight excluding hydrogens is 194 g/mol. The monoisotopic (exact) mass is 213 g/mol. The van der Waals surface area contributed by atoms with E-state index in [0.29, 0.717) is 11.5 Å². The highest BCUT2D eigenvalue weighted by atomic mass is 16.5. The van der Waals surface area contributed by atoms with Gasteiger partial charge < -0.3 is 20.3 Å². The molecule has 0 radical (unpaired) electrons. The molecule has 1 aromatic rings. The van der Waals surface area contributed by atoms with Crippen molar-refractivity contribution >= 4 is 0 Å². The van der Waals surface area contributed by atoms with Crippen molar-refractivity contribution in [1.29, 1.82) is 0 Å². The van der Waals surface area contributed by atoms with Gasteiger partial charge in [0.25, 0.3) is 0 Å². The van der Waals surface area contributed by atoms with Gasteiger partial charge in [0.1, 0.15) is 0 Å². The maximum Gasteiger partial charge on any atom is 0.161 e. The molecule has 0 aliphatic rings. The van der Waals surface area contributed by atoms with Crippen molar-refractivity contribution < 1.29 is 14.6 Å². The average molecular weight is 213 g/mol. The lowest BCUT2D eigenvalue weighted by Crippen LogP contribution is -1.95. The third-order valence-corrected chi connectivity index (χ3v) is 1.89. The fourth-order valence-corrected chi connectivity index (χ4v) is 1.11. The van der Waals surface area contributed by atoms with Crippen molar-refractivity contribution in [3.63, 3.8) is 0 Å². The Hall–Kier alpha value is -1.26. The molecule has 1 aromatic carbocycles. The van der Waals surface area contributed by atoms with Crippen molar-refractivity contribution in [3.8, 4) is 11.5 Å². The van der Waals surface area contributed by atoms with E-state index in [1.165, 1.54) is 7.05 Å². The van der Waals surface area contributed by atoms with Crippen molar-refractivity contribution in [2.45, 2.75) is 13.0 Å². The summed E-state index contributed by atoms with van der Waals surface area (Å²) in [6, 6.07) is 5.36. The molecule has 1 atom stereocenters. The summed E-state index contributed by atoms with van der Waals surface area (Å²) in [4.78, 5) is 0. The summed E-state index contributed by atoms with van der Waals surface area (Å²) in [7, 11) is 4.66. The van der Waals surface area contributed by atoms with Crippen LogP contribution in [0.2, 0.25) is 0 Å². The van der Waals surface area contributed by atoms with Gasteiger partial charge in [-0.15, -0.1) is 0 Å². The third-order valence-electron chi connectivity index (χ3n) is 1.89.